The zero-order chi connectivity index (χ0) is 11.4. The predicted molar refractivity (Wildman–Crippen MR) is 64.5 cm³/mol. The van der Waals surface area contributed by atoms with E-state index in [2.05, 4.69) is 15.2 Å². The van der Waals surface area contributed by atoms with Crippen molar-refractivity contribution in [2.45, 2.75) is 31.9 Å². The molecular formula is C11H22N4O. The molecule has 0 amide bonds. The fourth-order valence-electron chi connectivity index (χ4n) is 2.43. The number of hydrogen-bond donors (Lipinski definition) is 2. The third kappa shape index (κ3) is 2.86. The van der Waals surface area contributed by atoms with E-state index < -0.39 is 0 Å². The molecule has 0 aromatic carbocycles. The minimum atomic E-state index is 0.214. The second kappa shape index (κ2) is 5.50. The lowest BCUT2D eigenvalue weighted by Gasteiger charge is -2.34. The number of ether oxygens (including phenoxy) is 1. The Balaban J connectivity index is 1.76. The fraction of sp³-hybridized carbons (Fsp3) is 0.909. The van der Waals surface area contributed by atoms with E-state index in [1.54, 1.807) is 0 Å². The van der Waals surface area contributed by atoms with Gasteiger partial charge in [-0.1, -0.05) is 0 Å². The number of nitrogens with two attached hydrogens (primary N) is 1. The van der Waals surface area contributed by atoms with Gasteiger partial charge in [-0.2, -0.15) is 0 Å². The van der Waals surface area contributed by atoms with Crippen LogP contribution in [0.3, 0.4) is 0 Å². The molecule has 2 fully saturated rings. The number of rotatable bonds is 3. The first kappa shape index (κ1) is 11.7. The summed E-state index contributed by atoms with van der Waals surface area (Å²) < 4.78 is 5.79. The van der Waals surface area contributed by atoms with Crippen LogP contribution in [0.25, 0.3) is 0 Å². The molecule has 5 nitrogen and oxygen atoms in total. The predicted octanol–water partition coefficient (Wildman–Crippen LogP) is -0.226. The summed E-state index contributed by atoms with van der Waals surface area (Å²) in [7, 11) is 0. The van der Waals surface area contributed by atoms with Gasteiger partial charge in [-0.15, -0.1) is 0 Å². The maximum Gasteiger partial charge on any atom is 0.188 e. The molecule has 0 radical (unpaired) electrons. The van der Waals surface area contributed by atoms with Crippen LogP contribution in [0.15, 0.2) is 4.99 Å². The molecule has 0 aromatic rings. The largest absolute Gasteiger partial charge is 0.373 e. The van der Waals surface area contributed by atoms with Crippen molar-refractivity contribution in [2.24, 2.45) is 10.7 Å². The highest BCUT2D eigenvalue weighted by Gasteiger charge is 2.31. The number of morpholine rings is 1. The summed E-state index contributed by atoms with van der Waals surface area (Å²) in [4.78, 5) is 6.80. The smallest absolute Gasteiger partial charge is 0.188 e. The lowest BCUT2D eigenvalue weighted by molar-refractivity contribution is -0.0432. The summed E-state index contributed by atoms with van der Waals surface area (Å²) in [5.74, 6) is 0.523. The zero-order valence-corrected chi connectivity index (χ0v) is 9.98. The lowest BCUT2D eigenvalue weighted by Crippen LogP contribution is -2.47. The maximum absolute atomic E-state index is 5.79. The highest BCUT2D eigenvalue weighted by Crippen LogP contribution is 2.22. The fourth-order valence-corrected chi connectivity index (χ4v) is 2.43. The first-order chi connectivity index (χ1) is 7.79. The molecule has 3 N–H and O–H groups in total. The molecule has 2 atom stereocenters. The Morgan fingerprint density at radius 3 is 3.31 bits per heavy atom. The minimum absolute atomic E-state index is 0.214. The molecular weight excluding hydrogens is 204 g/mol. The van der Waals surface area contributed by atoms with Crippen LogP contribution < -0.4 is 11.1 Å². The van der Waals surface area contributed by atoms with Gasteiger partial charge >= 0.3 is 0 Å². The molecule has 16 heavy (non-hydrogen) atoms. The maximum atomic E-state index is 5.79. The van der Waals surface area contributed by atoms with Gasteiger partial charge in [-0.05, 0) is 26.3 Å². The molecule has 2 heterocycles. The third-order valence-electron chi connectivity index (χ3n) is 3.28. The van der Waals surface area contributed by atoms with E-state index >= 15 is 0 Å². The SMILES string of the molecule is CCNC(N)=NCC1CN2CCCC2CO1. The summed E-state index contributed by atoms with van der Waals surface area (Å²) in [5.41, 5.74) is 5.68. The molecule has 0 bridgehead atoms. The number of fused-ring (bicyclic) bond motifs is 1. The molecule has 0 aliphatic carbocycles. The van der Waals surface area contributed by atoms with Crippen molar-refractivity contribution in [1.82, 2.24) is 10.2 Å². The van der Waals surface area contributed by atoms with Crippen LogP contribution >= 0.6 is 0 Å². The van der Waals surface area contributed by atoms with E-state index in [0.29, 0.717) is 18.5 Å². The Labute approximate surface area is 97.0 Å². The Bertz CT molecular complexity index is 256. The molecule has 2 saturated heterocycles. The molecule has 92 valence electrons. The van der Waals surface area contributed by atoms with Crippen LogP contribution in [0.4, 0.5) is 0 Å². The summed E-state index contributed by atoms with van der Waals surface area (Å²) in [6.45, 7) is 6.58. The molecule has 0 saturated carbocycles. The van der Waals surface area contributed by atoms with Crippen LogP contribution in [0.5, 0.6) is 0 Å². The van der Waals surface area contributed by atoms with Gasteiger partial charge in [0.05, 0.1) is 19.3 Å². The van der Waals surface area contributed by atoms with E-state index in [1.165, 1.54) is 19.4 Å². The van der Waals surface area contributed by atoms with Crippen LogP contribution in [0.2, 0.25) is 0 Å². The first-order valence-electron chi connectivity index (χ1n) is 6.19. The monoisotopic (exact) mass is 226 g/mol. The van der Waals surface area contributed by atoms with E-state index in [-0.39, 0.29) is 6.10 Å². The van der Waals surface area contributed by atoms with Crippen molar-refractivity contribution in [3.8, 4) is 0 Å². The summed E-state index contributed by atoms with van der Waals surface area (Å²) in [5, 5.41) is 2.99. The average Bonchev–Trinajstić information content (AvgIpc) is 2.74. The van der Waals surface area contributed by atoms with Gasteiger partial charge in [0.2, 0.25) is 0 Å². The quantitative estimate of drug-likeness (QED) is 0.515. The van der Waals surface area contributed by atoms with Gasteiger partial charge in [0.1, 0.15) is 0 Å². The second-order valence-corrected chi connectivity index (χ2v) is 4.50. The van der Waals surface area contributed by atoms with Crippen molar-refractivity contribution in [3.05, 3.63) is 0 Å². The van der Waals surface area contributed by atoms with Crippen LogP contribution in [0.1, 0.15) is 19.8 Å². The minimum Gasteiger partial charge on any atom is -0.373 e. The van der Waals surface area contributed by atoms with Gasteiger partial charge < -0.3 is 15.8 Å². The van der Waals surface area contributed by atoms with Crippen molar-refractivity contribution in [2.75, 3.05) is 32.8 Å². The standard InChI is InChI=1S/C11H22N4O/c1-2-13-11(12)14-6-10-7-15-5-3-4-9(15)8-16-10/h9-10H,2-8H2,1H3,(H3,12,13,14). The normalized spacial score (nSPS) is 31.4. The Morgan fingerprint density at radius 1 is 1.62 bits per heavy atom. The highest BCUT2D eigenvalue weighted by molar-refractivity contribution is 5.77. The van der Waals surface area contributed by atoms with E-state index in [9.17, 15) is 0 Å². The number of aliphatic imine (C=N–C) groups is 1. The van der Waals surface area contributed by atoms with Gasteiger partial charge in [0.15, 0.2) is 5.96 Å². The van der Waals surface area contributed by atoms with E-state index in [4.69, 9.17) is 10.5 Å². The molecule has 2 aliphatic heterocycles. The number of nitrogens with zero attached hydrogens (tertiary/aromatic N) is 2. The number of hydrogen-bond acceptors (Lipinski definition) is 3. The Hall–Kier alpha value is -0.810. The Morgan fingerprint density at radius 2 is 2.50 bits per heavy atom. The van der Waals surface area contributed by atoms with Gasteiger partial charge in [-0.3, -0.25) is 9.89 Å². The molecule has 2 unspecified atom stereocenters. The zero-order valence-electron chi connectivity index (χ0n) is 9.98. The van der Waals surface area contributed by atoms with Gasteiger partial charge in [-0.25, -0.2) is 0 Å². The van der Waals surface area contributed by atoms with E-state index in [0.717, 1.165) is 19.7 Å². The Kier molecular flexibility index (Phi) is 4.01. The summed E-state index contributed by atoms with van der Waals surface area (Å²) in [6, 6.07) is 0.659. The highest BCUT2D eigenvalue weighted by atomic mass is 16.5. The van der Waals surface area contributed by atoms with Crippen molar-refractivity contribution in [1.29, 1.82) is 0 Å². The van der Waals surface area contributed by atoms with E-state index in [1.807, 2.05) is 6.92 Å². The van der Waals surface area contributed by atoms with Gasteiger partial charge in [0.25, 0.3) is 0 Å². The van der Waals surface area contributed by atoms with Crippen molar-refractivity contribution >= 4 is 5.96 Å². The first-order valence-corrected chi connectivity index (χ1v) is 6.19. The molecule has 0 spiro atoms. The van der Waals surface area contributed by atoms with Crippen molar-refractivity contribution < 1.29 is 4.74 Å². The molecule has 0 aromatic heterocycles. The summed E-state index contributed by atoms with van der Waals surface area (Å²) in [6.07, 6.45) is 2.81. The number of nitrogens with one attached hydrogen (secondary N) is 1. The molecule has 5 heteroatoms. The average molecular weight is 226 g/mol. The molecule has 2 rings (SSSR count). The third-order valence-corrected chi connectivity index (χ3v) is 3.28. The second-order valence-electron chi connectivity index (χ2n) is 4.50. The van der Waals surface area contributed by atoms with Crippen LogP contribution in [-0.4, -0.2) is 55.8 Å². The molecule has 2 aliphatic rings. The van der Waals surface area contributed by atoms with Crippen molar-refractivity contribution in [3.63, 3.8) is 0 Å². The van der Waals surface area contributed by atoms with Crippen LogP contribution in [0, 0.1) is 0 Å². The number of guanidine groups is 1. The topological polar surface area (TPSA) is 62.9 Å². The summed E-state index contributed by atoms with van der Waals surface area (Å²) >= 11 is 0. The van der Waals surface area contributed by atoms with Gasteiger partial charge in [0, 0.05) is 19.1 Å². The van der Waals surface area contributed by atoms with Crippen LogP contribution in [-0.2, 0) is 4.74 Å². The lowest BCUT2D eigenvalue weighted by atomic mass is 10.2.